The molecule has 0 bridgehead atoms. The molecule has 0 radical (unpaired) electrons. The second-order valence-corrected chi connectivity index (χ2v) is 7.59. The van der Waals surface area contributed by atoms with Crippen molar-refractivity contribution >= 4 is 33.3 Å². The maximum atomic E-state index is 6.39. The van der Waals surface area contributed by atoms with E-state index in [-0.39, 0.29) is 0 Å². The number of aromatic nitrogens is 5. The zero-order valence-electron chi connectivity index (χ0n) is 17.5. The zero-order valence-corrected chi connectivity index (χ0v) is 17.5. The molecule has 158 valence electrons. The summed E-state index contributed by atoms with van der Waals surface area (Å²) in [6.07, 6.45) is 3.88. The van der Waals surface area contributed by atoms with E-state index in [2.05, 4.69) is 9.97 Å². The van der Waals surface area contributed by atoms with Crippen LogP contribution in [0.1, 0.15) is 0 Å². The average molecular weight is 424 g/mol. The molecule has 0 aliphatic carbocycles. The molecule has 0 aliphatic rings. The van der Waals surface area contributed by atoms with Crippen molar-refractivity contribution in [2.75, 3.05) is 20.0 Å². The van der Waals surface area contributed by atoms with Crippen LogP contribution in [-0.4, -0.2) is 38.8 Å². The van der Waals surface area contributed by atoms with E-state index in [0.717, 1.165) is 55.8 Å². The van der Waals surface area contributed by atoms with Crippen molar-refractivity contribution in [2.24, 2.45) is 0 Å². The van der Waals surface area contributed by atoms with E-state index in [0.29, 0.717) is 11.5 Å². The maximum Gasteiger partial charge on any atom is 0.158 e. The SMILES string of the molecule is COc1ccc2[nH]cc(-c3cc(N)n4nc(-c5c[nH]c6ccc(OC)cc56)cc4n3)c2c1. The third-order valence-corrected chi connectivity index (χ3v) is 5.78. The molecule has 0 saturated heterocycles. The number of hydrogen-bond donors (Lipinski definition) is 3. The third-order valence-electron chi connectivity index (χ3n) is 5.78. The summed E-state index contributed by atoms with van der Waals surface area (Å²) < 4.78 is 12.4. The average Bonchev–Trinajstić information content (AvgIpc) is 3.53. The minimum absolute atomic E-state index is 0.505. The fourth-order valence-corrected chi connectivity index (χ4v) is 4.14. The Morgan fingerprint density at radius 2 is 1.38 bits per heavy atom. The number of nitrogens with zero attached hydrogens (tertiary/aromatic N) is 3. The van der Waals surface area contributed by atoms with E-state index in [9.17, 15) is 0 Å². The molecule has 0 saturated carbocycles. The van der Waals surface area contributed by atoms with Gasteiger partial charge in [0.15, 0.2) is 5.65 Å². The molecular weight excluding hydrogens is 404 g/mol. The maximum absolute atomic E-state index is 6.39. The van der Waals surface area contributed by atoms with Gasteiger partial charge in [-0.15, -0.1) is 0 Å². The standard InChI is InChI=1S/C24H20N6O2/c1-31-13-3-5-19-15(7-13)17(11-26-19)21-9-23(25)30-24(28-21)10-22(29-30)18-12-27-20-6-4-14(32-2)8-16(18)20/h3-12,26-27H,25H2,1-2H3. The lowest BCUT2D eigenvalue weighted by Crippen LogP contribution is -2.01. The van der Waals surface area contributed by atoms with Crippen LogP contribution in [0, 0.1) is 0 Å². The topological polar surface area (TPSA) is 106 Å². The molecule has 4 heterocycles. The Balaban J connectivity index is 1.51. The molecule has 6 rings (SSSR count). The Labute approximate surface area is 182 Å². The van der Waals surface area contributed by atoms with Crippen molar-refractivity contribution in [3.05, 3.63) is 60.9 Å². The van der Waals surface area contributed by atoms with Gasteiger partial charge in [-0.2, -0.15) is 9.61 Å². The van der Waals surface area contributed by atoms with Gasteiger partial charge in [0.2, 0.25) is 0 Å². The Bertz CT molecular complexity index is 1620. The van der Waals surface area contributed by atoms with Gasteiger partial charge in [-0.1, -0.05) is 0 Å². The highest BCUT2D eigenvalue weighted by Crippen LogP contribution is 2.34. The van der Waals surface area contributed by atoms with E-state index in [1.165, 1.54) is 0 Å². The molecule has 0 unspecified atom stereocenters. The number of ether oxygens (including phenoxy) is 2. The molecule has 32 heavy (non-hydrogen) atoms. The van der Waals surface area contributed by atoms with E-state index < -0.39 is 0 Å². The largest absolute Gasteiger partial charge is 0.497 e. The molecule has 8 heteroatoms. The molecule has 2 aromatic carbocycles. The number of methoxy groups -OCH3 is 2. The Morgan fingerprint density at radius 3 is 1.97 bits per heavy atom. The summed E-state index contributed by atoms with van der Waals surface area (Å²) in [6.45, 7) is 0. The lowest BCUT2D eigenvalue weighted by Gasteiger charge is -2.04. The number of fused-ring (bicyclic) bond motifs is 3. The minimum atomic E-state index is 0.505. The number of H-pyrrole nitrogens is 2. The van der Waals surface area contributed by atoms with E-state index in [1.54, 1.807) is 18.7 Å². The summed E-state index contributed by atoms with van der Waals surface area (Å²) in [5.41, 5.74) is 12.5. The first-order chi connectivity index (χ1) is 15.6. The molecule has 0 atom stereocenters. The molecule has 0 fully saturated rings. The minimum Gasteiger partial charge on any atom is -0.497 e. The number of nitrogens with two attached hydrogens (primary N) is 1. The quantitative estimate of drug-likeness (QED) is 0.383. The van der Waals surface area contributed by atoms with Crippen LogP contribution in [0.3, 0.4) is 0 Å². The molecule has 0 spiro atoms. The van der Waals surface area contributed by atoms with Crippen LogP contribution >= 0.6 is 0 Å². The summed E-state index contributed by atoms with van der Waals surface area (Å²) in [5.74, 6) is 2.08. The first-order valence-corrected chi connectivity index (χ1v) is 10.1. The van der Waals surface area contributed by atoms with Crippen LogP contribution in [0.15, 0.2) is 60.9 Å². The first kappa shape index (κ1) is 18.3. The monoisotopic (exact) mass is 424 g/mol. The molecule has 8 nitrogen and oxygen atoms in total. The number of anilines is 1. The van der Waals surface area contributed by atoms with Gasteiger partial charge >= 0.3 is 0 Å². The first-order valence-electron chi connectivity index (χ1n) is 10.1. The van der Waals surface area contributed by atoms with Crippen molar-refractivity contribution in [1.29, 1.82) is 0 Å². The second-order valence-electron chi connectivity index (χ2n) is 7.59. The van der Waals surface area contributed by atoms with E-state index in [1.807, 2.05) is 60.9 Å². The van der Waals surface area contributed by atoms with Crippen molar-refractivity contribution in [2.45, 2.75) is 0 Å². The smallest absolute Gasteiger partial charge is 0.158 e. The number of benzene rings is 2. The highest BCUT2D eigenvalue weighted by molar-refractivity contribution is 5.97. The van der Waals surface area contributed by atoms with Gasteiger partial charge in [0.05, 0.1) is 25.6 Å². The van der Waals surface area contributed by atoms with Crippen LogP contribution in [0.4, 0.5) is 5.82 Å². The second kappa shape index (κ2) is 6.78. The predicted octanol–water partition coefficient (Wildman–Crippen LogP) is 4.63. The summed E-state index contributed by atoms with van der Waals surface area (Å²) >= 11 is 0. The van der Waals surface area contributed by atoms with Crippen LogP contribution in [0.2, 0.25) is 0 Å². The van der Waals surface area contributed by atoms with Crippen molar-refractivity contribution < 1.29 is 9.47 Å². The van der Waals surface area contributed by atoms with E-state index >= 15 is 0 Å². The van der Waals surface area contributed by atoms with Gasteiger partial charge in [-0.25, -0.2) is 4.98 Å². The van der Waals surface area contributed by atoms with Crippen molar-refractivity contribution in [3.8, 4) is 34.0 Å². The van der Waals surface area contributed by atoms with Crippen LogP contribution in [-0.2, 0) is 0 Å². The molecule has 4 N–H and O–H groups in total. The zero-order chi connectivity index (χ0) is 21.8. The van der Waals surface area contributed by atoms with Gasteiger partial charge in [-0.05, 0) is 36.4 Å². The molecule has 0 amide bonds. The fraction of sp³-hybridized carbons (Fsp3) is 0.0833. The van der Waals surface area contributed by atoms with Crippen molar-refractivity contribution in [1.82, 2.24) is 24.6 Å². The van der Waals surface area contributed by atoms with Crippen LogP contribution < -0.4 is 15.2 Å². The summed E-state index contributed by atoms with van der Waals surface area (Å²) in [6, 6.07) is 15.6. The number of aromatic amines is 2. The third kappa shape index (κ3) is 2.70. The number of rotatable bonds is 4. The highest BCUT2D eigenvalue weighted by atomic mass is 16.5. The Morgan fingerprint density at radius 1 is 0.781 bits per heavy atom. The van der Waals surface area contributed by atoms with Gasteiger partial charge < -0.3 is 25.2 Å². The number of hydrogen-bond acceptors (Lipinski definition) is 5. The molecule has 0 aliphatic heterocycles. The van der Waals surface area contributed by atoms with Crippen LogP contribution in [0.5, 0.6) is 11.5 Å². The molecular formula is C24H20N6O2. The van der Waals surface area contributed by atoms with Crippen molar-refractivity contribution in [3.63, 3.8) is 0 Å². The predicted molar refractivity (Wildman–Crippen MR) is 125 cm³/mol. The number of nitrogens with one attached hydrogen (secondary N) is 2. The van der Waals surface area contributed by atoms with Gasteiger partial charge in [0.25, 0.3) is 0 Å². The van der Waals surface area contributed by atoms with E-state index in [4.69, 9.17) is 25.3 Å². The normalized spacial score (nSPS) is 11.6. The van der Waals surface area contributed by atoms with Gasteiger partial charge in [0.1, 0.15) is 17.3 Å². The summed E-state index contributed by atoms with van der Waals surface area (Å²) in [4.78, 5) is 11.4. The fourth-order valence-electron chi connectivity index (χ4n) is 4.14. The van der Waals surface area contributed by atoms with Gasteiger partial charge in [0, 0.05) is 57.5 Å². The summed E-state index contributed by atoms with van der Waals surface area (Å²) in [5, 5.41) is 6.75. The molecule has 6 aromatic rings. The highest BCUT2D eigenvalue weighted by Gasteiger charge is 2.16. The van der Waals surface area contributed by atoms with Crippen LogP contribution in [0.25, 0.3) is 50.0 Å². The van der Waals surface area contributed by atoms with Gasteiger partial charge in [-0.3, -0.25) is 0 Å². The summed E-state index contributed by atoms with van der Waals surface area (Å²) in [7, 11) is 3.31. The molecule has 4 aromatic heterocycles. The Kier molecular flexibility index (Phi) is 3.88. The Hall–Kier alpha value is -4.46. The number of nitrogen functional groups attached to an aromatic ring is 1. The lowest BCUT2D eigenvalue weighted by atomic mass is 10.1. The lowest BCUT2D eigenvalue weighted by molar-refractivity contribution is 0.415.